The summed E-state index contributed by atoms with van der Waals surface area (Å²) < 4.78 is 42.2. The van der Waals surface area contributed by atoms with E-state index in [-0.39, 0.29) is 34.8 Å². The van der Waals surface area contributed by atoms with E-state index in [9.17, 15) is 17.6 Å². The SMILES string of the molecule is CC(C)c1nn(C/C(F)=C/CNC(=O)O)c(C(C)C)c1Cc1ccc(S(=O)(=O)N(C)C)c(Cl)c1. The molecule has 34 heavy (non-hydrogen) atoms. The molecule has 0 aliphatic carbocycles. The zero-order valence-corrected chi connectivity index (χ0v) is 21.8. The van der Waals surface area contributed by atoms with E-state index >= 15 is 0 Å². The van der Waals surface area contributed by atoms with Gasteiger partial charge in [-0.25, -0.2) is 21.9 Å². The highest BCUT2D eigenvalue weighted by Crippen LogP contribution is 2.32. The lowest BCUT2D eigenvalue weighted by atomic mass is 9.94. The molecule has 0 aliphatic heterocycles. The second-order valence-corrected chi connectivity index (χ2v) is 11.3. The number of sulfonamides is 1. The predicted octanol–water partition coefficient (Wildman–Crippen LogP) is 4.75. The van der Waals surface area contributed by atoms with Gasteiger partial charge in [-0.15, -0.1) is 0 Å². The third-order valence-corrected chi connectivity index (χ3v) is 7.53. The standard InChI is InChI=1S/C23H32ClFN4O4S/c1-14(2)21-18(11-16-7-8-20(19(24)12-16)34(32,33)28(5)6)22(15(3)4)29(27-21)13-17(25)9-10-26-23(30)31/h7-9,12,14-15,26H,10-11,13H2,1-6H3,(H,30,31)/b17-9-. The summed E-state index contributed by atoms with van der Waals surface area (Å²) in [6.07, 6.45) is 0.409. The van der Waals surface area contributed by atoms with Crippen LogP contribution in [0.2, 0.25) is 5.02 Å². The van der Waals surface area contributed by atoms with Crippen molar-refractivity contribution in [3.63, 3.8) is 0 Å². The first-order valence-corrected chi connectivity index (χ1v) is 12.7. The Labute approximate surface area is 205 Å². The fraction of sp³-hybridized carbons (Fsp3) is 0.478. The minimum atomic E-state index is -3.67. The molecule has 1 aromatic carbocycles. The van der Waals surface area contributed by atoms with Crippen molar-refractivity contribution in [1.29, 1.82) is 0 Å². The van der Waals surface area contributed by atoms with E-state index in [1.165, 1.54) is 26.2 Å². The van der Waals surface area contributed by atoms with Crippen LogP contribution in [-0.4, -0.2) is 54.3 Å². The molecule has 0 saturated heterocycles. The van der Waals surface area contributed by atoms with Crippen LogP contribution < -0.4 is 5.32 Å². The zero-order valence-electron chi connectivity index (χ0n) is 20.3. The summed E-state index contributed by atoms with van der Waals surface area (Å²) >= 11 is 6.34. The van der Waals surface area contributed by atoms with Gasteiger partial charge >= 0.3 is 6.09 Å². The topological polar surface area (TPSA) is 105 Å². The van der Waals surface area contributed by atoms with Crippen LogP contribution in [0.3, 0.4) is 0 Å². The van der Waals surface area contributed by atoms with Gasteiger partial charge in [0.2, 0.25) is 10.0 Å². The first kappa shape index (κ1) is 27.8. The lowest BCUT2D eigenvalue weighted by Crippen LogP contribution is -2.22. The summed E-state index contributed by atoms with van der Waals surface area (Å²) in [4.78, 5) is 10.6. The van der Waals surface area contributed by atoms with Gasteiger partial charge in [-0.3, -0.25) is 4.68 Å². The molecule has 188 valence electrons. The number of nitrogens with one attached hydrogen (secondary N) is 1. The smallest absolute Gasteiger partial charge is 0.404 e. The predicted molar refractivity (Wildman–Crippen MR) is 131 cm³/mol. The van der Waals surface area contributed by atoms with E-state index < -0.39 is 21.9 Å². The van der Waals surface area contributed by atoms with Crippen LogP contribution in [0.15, 0.2) is 35.0 Å². The number of benzene rings is 1. The number of halogens is 2. The molecule has 2 aromatic rings. The Hall–Kier alpha value is -2.43. The minimum absolute atomic E-state index is 0.0313. The summed E-state index contributed by atoms with van der Waals surface area (Å²) in [6.45, 7) is 7.74. The molecular formula is C23H32ClFN4O4S. The fourth-order valence-corrected chi connectivity index (χ4v) is 5.10. The molecule has 11 heteroatoms. The second-order valence-electron chi connectivity index (χ2n) is 8.78. The zero-order chi connectivity index (χ0) is 25.8. The number of hydrogen-bond acceptors (Lipinski definition) is 4. The number of carbonyl (C=O) groups is 1. The van der Waals surface area contributed by atoms with Crippen LogP contribution >= 0.6 is 11.6 Å². The largest absolute Gasteiger partial charge is 0.465 e. The molecule has 0 bridgehead atoms. The lowest BCUT2D eigenvalue weighted by molar-refractivity contribution is 0.195. The molecule has 2 N–H and O–H groups in total. The van der Waals surface area contributed by atoms with Gasteiger partial charge in [0.05, 0.1) is 17.3 Å². The monoisotopic (exact) mass is 514 g/mol. The molecular weight excluding hydrogens is 483 g/mol. The van der Waals surface area contributed by atoms with Gasteiger partial charge in [0.1, 0.15) is 10.7 Å². The highest BCUT2D eigenvalue weighted by molar-refractivity contribution is 7.89. The summed E-state index contributed by atoms with van der Waals surface area (Å²) in [5, 5.41) is 15.6. The maximum atomic E-state index is 14.5. The molecule has 1 aromatic heterocycles. The Kier molecular flexibility index (Phi) is 9.27. The van der Waals surface area contributed by atoms with E-state index in [2.05, 4.69) is 10.4 Å². The van der Waals surface area contributed by atoms with Crippen LogP contribution in [0.5, 0.6) is 0 Å². The van der Waals surface area contributed by atoms with E-state index in [1.54, 1.807) is 16.8 Å². The Balaban J connectivity index is 2.47. The molecule has 0 aliphatic rings. The average Bonchev–Trinajstić information content (AvgIpc) is 3.05. The molecule has 2 rings (SSSR count). The van der Waals surface area contributed by atoms with E-state index in [1.807, 2.05) is 27.7 Å². The van der Waals surface area contributed by atoms with Gasteiger partial charge in [-0.1, -0.05) is 45.4 Å². The lowest BCUT2D eigenvalue weighted by Gasteiger charge is -2.15. The van der Waals surface area contributed by atoms with Crippen LogP contribution in [0.25, 0.3) is 0 Å². The normalized spacial score (nSPS) is 12.7. The van der Waals surface area contributed by atoms with Crippen molar-refractivity contribution in [2.75, 3.05) is 20.6 Å². The van der Waals surface area contributed by atoms with Crippen LogP contribution in [0.1, 0.15) is 62.0 Å². The number of carboxylic acid groups (broad SMARTS) is 1. The third kappa shape index (κ3) is 6.58. The number of nitrogens with zero attached hydrogens (tertiary/aromatic N) is 3. The van der Waals surface area contributed by atoms with Gasteiger partial charge in [-0.2, -0.15) is 5.10 Å². The summed E-state index contributed by atoms with van der Waals surface area (Å²) in [6, 6.07) is 4.87. The van der Waals surface area contributed by atoms with Crippen molar-refractivity contribution in [2.24, 2.45) is 0 Å². The third-order valence-electron chi connectivity index (χ3n) is 5.23. The van der Waals surface area contributed by atoms with Crippen molar-refractivity contribution in [2.45, 2.75) is 57.4 Å². The maximum absolute atomic E-state index is 14.5. The summed E-state index contributed by atoms with van der Waals surface area (Å²) in [5.74, 6) is -0.400. The summed E-state index contributed by atoms with van der Waals surface area (Å²) in [5.41, 5.74) is 3.44. The van der Waals surface area contributed by atoms with Crippen molar-refractivity contribution >= 4 is 27.7 Å². The van der Waals surface area contributed by atoms with E-state index in [4.69, 9.17) is 16.7 Å². The first-order valence-electron chi connectivity index (χ1n) is 10.9. The van der Waals surface area contributed by atoms with Crippen molar-refractivity contribution in [3.8, 4) is 0 Å². The molecule has 0 atom stereocenters. The van der Waals surface area contributed by atoms with E-state index in [0.717, 1.165) is 26.8 Å². The molecule has 0 fully saturated rings. The van der Waals surface area contributed by atoms with Gasteiger partial charge in [0.25, 0.3) is 0 Å². The first-order chi connectivity index (χ1) is 15.7. The quantitative estimate of drug-likeness (QED) is 0.476. The van der Waals surface area contributed by atoms with Gasteiger partial charge in [-0.05, 0) is 35.6 Å². The van der Waals surface area contributed by atoms with Gasteiger partial charge in [0.15, 0.2) is 0 Å². The number of amides is 1. The van der Waals surface area contributed by atoms with Crippen molar-refractivity contribution in [1.82, 2.24) is 19.4 Å². The maximum Gasteiger partial charge on any atom is 0.404 e. The van der Waals surface area contributed by atoms with Crippen molar-refractivity contribution in [3.05, 3.63) is 57.6 Å². The minimum Gasteiger partial charge on any atom is -0.465 e. The highest BCUT2D eigenvalue weighted by Gasteiger charge is 2.24. The van der Waals surface area contributed by atoms with Crippen LogP contribution in [0.4, 0.5) is 9.18 Å². The molecule has 0 radical (unpaired) electrons. The molecule has 8 nitrogen and oxygen atoms in total. The highest BCUT2D eigenvalue weighted by atomic mass is 35.5. The molecule has 0 saturated carbocycles. The molecule has 1 amide bonds. The number of allylic oxidation sites excluding steroid dienone is 1. The number of aromatic nitrogens is 2. The number of rotatable bonds is 10. The Morgan fingerprint density at radius 3 is 2.41 bits per heavy atom. The Morgan fingerprint density at radius 1 is 1.26 bits per heavy atom. The molecule has 1 heterocycles. The van der Waals surface area contributed by atoms with E-state index in [0.29, 0.717) is 6.42 Å². The fourth-order valence-electron chi connectivity index (χ4n) is 3.66. The van der Waals surface area contributed by atoms with Gasteiger partial charge in [0, 0.05) is 38.3 Å². The van der Waals surface area contributed by atoms with Crippen molar-refractivity contribution < 1.29 is 22.7 Å². The average molecular weight is 515 g/mol. The Bertz CT molecular complexity index is 1170. The second kappa shape index (κ2) is 11.3. The molecule has 0 spiro atoms. The van der Waals surface area contributed by atoms with Crippen LogP contribution in [0, 0.1) is 0 Å². The Morgan fingerprint density at radius 2 is 1.91 bits per heavy atom. The van der Waals surface area contributed by atoms with Gasteiger partial charge < -0.3 is 10.4 Å². The molecule has 0 unspecified atom stereocenters. The number of hydrogen-bond donors (Lipinski definition) is 2. The van der Waals surface area contributed by atoms with Crippen LogP contribution in [-0.2, 0) is 23.0 Å². The summed E-state index contributed by atoms with van der Waals surface area (Å²) in [7, 11) is -0.773.